The molecule has 0 N–H and O–H groups in total. The van der Waals surface area contributed by atoms with Crippen LogP contribution in [0.4, 0.5) is 0 Å². The Bertz CT molecular complexity index is 246. The molecule has 0 rings (SSSR count). The Morgan fingerprint density at radius 2 is 0.917 bits per heavy atom. The van der Waals surface area contributed by atoms with Crippen LogP contribution >= 0.6 is 0 Å². The van der Waals surface area contributed by atoms with Crippen LogP contribution < -0.4 is 0 Å². The summed E-state index contributed by atoms with van der Waals surface area (Å²) in [5.41, 5.74) is 0. The standard InChI is InChI=1S/C23H45O/c1-3-5-7-8-9-10-11-12-13-14-15-16-17-18-20-22-23(24)21-19-6-4-2/h21H,3-20,22H2,1-2H3. The molecule has 0 unspecified atom stereocenters. The van der Waals surface area contributed by atoms with Crippen LogP contribution in [0.2, 0.25) is 0 Å². The number of carbonyl (C=O) groups is 1. The van der Waals surface area contributed by atoms with Gasteiger partial charge in [0.1, 0.15) is 5.78 Å². The minimum absolute atomic E-state index is 0.373. The van der Waals surface area contributed by atoms with Crippen LogP contribution in [0, 0.1) is 6.42 Å². The van der Waals surface area contributed by atoms with E-state index in [0.717, 1.165) is 25.7 Å². The van der Waals surface area contributed by atoms with Gasteiger partial charge < -0.3 is 0 Å². The van der Waals surface area contributed by atoms with E-state index in [2.05, 4.69) is 13.8 Å². The zero-order chi connectivity index (χ0) is 17.7. The second-order valence-corrected chi connectivity index (χ2v) is 7.51. The molecule has 143 valence electrons. The predicted molar refractivity (Wildman–Crippen MR) is 108 cm³/mol. The first-order valence-corrected chi connectivity index (χ1v) is 11.2. The van der Waals surface area contributed by atoms with Crippen LogP contribution in [-0.4, -0.2) is 5.78 Å². The molecule has 0 aliphatic heterocycles. The number of unbranched alkanes of at least 4 members (excludes halogenated alkanes) is 16. The van der Waals surface area contributed by atoms with E-state index in [0.29, 0.717) is 5.78 Å². The lowest BCUT2D eigenvalue weighted by Crippen LogP contribution is -1.98. The summed E-state index contributed by atoms with van der Waals surface area (Å²) in [6.45, 7) is 4.46. The Morgan fingerprint density at radius 3 is 1.33 bits per heavy atom. The van der Waals surface area contributed by atoms with Gasteiger partial charge >= 0.3 is 0 Å². The molecular formula is C23H45O. The van der Waals surface area contributed by atoms with Gasteiger partial charge in [-0.2, -0.15) is 0 Å². The van der Waals surface area contributed by atoms with Gasteiger partial charge in [0.25, 0.3) is 0 Å². The monoisotopic (exact) mass is 337 g/mol. The van der Waals surface area contributed by atoms with Crippen molar-refractivity contribution in [2.24, 2.45) is 0 Å². The van der Waals surface area contributed by atoms with Gasteiger partial charge in [0.15, 0.2) is 0 Å². The molecule has 0 amide bonds. The summed E-state index contributed by atoms with van der Waals surface area (Å²) in [5, 5.41) is 0. The van der Waals surface area contributed by atoms with Crippen molar-refractivity contribution in [3.63, 3.8) is 0 Å². The van der Waals surface area contributed by atoms with E-state index >= 15 is 0 Å². The number of ketones is 1. The molecule has 0 heterocycles. The van der Waals surface area contributed by atoms with Crippen molar-refractivity contribution in [2.45, 2.75) is 136 Å². The van der Waals surface area contributed by atoms with Gasteiger partial charge in [-0.3, -0.25) is 4.79 Å². The highest BCUT2D eigenvalue weighted by atomic mass is 16.1. The third kappa shape index (κ3) is 19.7. The Morgan fingerprint density at radius 1 is 0.542 bits per heavy atom. The summed E-state index contributed by atoms with van der Waals surface area (Å²) in [6, 6.07) is 0. The zero-order valence-corrected chi connectivity index (χ0v) is 16.9. The van der Waals surface area contributed by atoms with Gasteiger partial charge in [0, 0.05) is 12.8 Å². The molecule has 0 aliphatic rings. The van der Waals surface area contributed by atoms with Crippen LogP contribution in [0.5, 0.6) is 0 Å². The summed E-state index contributed by atoms with van der Waals surface area (Å²) < 4.78 is 0. The van der Waals surface area contributed by atoms with Crippen molar-refractivity contribution in [3.05, 3.63) is 6.42 Å². The number of rotatable bonds is 20. The molecule has 0 aromatic rings. The number of hydrogen-bond acceptors (Lipinski definition) is 1. The van der Waals surface area contributed by atoms with Crippen LogP contribution in [0.1, 0.15) is 136 Å². The highest BCUT2D eigenvalue weighted by Gasteiger charge is 2.01. The first-order valence-electron chi connectivity index (χ1n) is 11.2. The summed E-state index contributed by atoms with van der Waals surface area (Å²) in [6.07, 6.45) is 26.7. The van der Waals surface area contributed by atoms with Gasteiger partial charge in [0.05, 0.1) is 0 Å². The molecule has 0 aliphatic carbocycles. The first kappa shape index (κ1) is 23.7. The molecule has 24 heavy (non-hydrogen) atoms. The molecule has 0 bridgehead atoms. The molecule has 1 nitrogen and oxygen atoms in total. The van der Waals surface area contributed by atoms with Gasteiger partial charge in [-0.1, -0.05) is 117 Å². The number of Topliss-reactive ketones (excluding diaryl/α,β-unsaturated/α-hetero) is 1. The zero-order valence-electron chi connectivity index (χ0n) is 16.9. The van der Waals surface area contributed by atoms with Crippen LogP contribution in [0.25, 0.3) is 0 Å². The summed E-state index contributed by atoms with van der Waals surface area (Å²) in [5.74, 6) is 0.373. The van der Waals surface area contributed by atoms with Crippen molar-refractivity contribution >= 4 is 5.78 Å². The maximum absolute atomic E-state index is 11.6. The first-order chi connectivity index (χ1) is 11.8. The molecule has 0 atom stereocenters. The average molecular weight is 338 g/mol. The van der Waals surface area contributed by atoms with E-state index in [-0.39, 0.29) is 0 Å². The topological polar surface area (TPSA) is 17.1 Å². The molecule has 0 saturated heterocycles. The van der Waals surface area contributed by atoms with E-state index in [9.17, 15) is 4.79 Å². The highest BCUT2D eigenvalue weighted by Crippen LogP contribution is 2.14. The van der Waals surface area contributed by atoms with Crippen molar-refractivity contribution in [1.82, 2.24) is 0 Å². The summed E-state index contributed by atoms with van der Waals surface area (Å²) >= 11 is 0. The number of hydrogen-bond donors (Lipinski definition) is 0. The van der Waals surface area contributed by atoms with Gasteiger partial charge in [-0.25, -0.2) is 0 Å². The van der Waals surface area contributed by atoms with E-state index in [1.807, 2.05) is 6.42 Å². The third-order valence-corrected chi connectivity index (χ3v) is 4.96. The lowest BCUT2D eigenvalue weighted by molar-refractivity contribution is -0.116. The predicted octanol–water partition coefficient (Wildman–Crippen LogP) is 8.21. The Labute approximate surface area is 153 Å². The fourth-order valence-corrected chi connectivity index (χ4v) is 3.24. The maximum atomic E-state index is 11.6. The molecule has 0 aromatic heterocycles. The molecule has 0 spiro atoms. The third-order valence-electron chi connectivity index (χ3n) is 4.96. The van der Waals surface area contributed by atoms with E-state index < -0.39 is 0 Å². The van der Waals surface area contributed by atoms with Crippen LogP contribution in [0.15, 0.2) is 0 Å². The second kappa shape index (κ2) is 20.7. The van der Waals surface area contributed by atoms with Crippen LogP contribution in [0.3, 0.4) is 0 Å². The maximum Gasteiger partial charge on any atom is 0.136 e. The largest absolute Gasteiger partial charge is 0.299 e. The normalized spacial score (nSPS) is 11.1. The summed E-state index contributed by atoms with van der Waals surface area (Å²) in [4.78, 5) is 11.6. The van der Waals surface area contributed by atoms with E-state index in [4.69, 9.17) is 0 Å². The quantitative estimate of drug-likeness (QED) is 0.204. The Kier molecular flexibility index (Phi) is 20.4. The van der Waals surface area contributed by atoms with Crippen molar-refractivity contribution in [3.8, 4) is 0 Å². The van der Waals surface area contributed by atoms with Crippen LogP contribution in [-0.2, 0) is 4.79 Å². The van der Waals surface area contributed by atoms with Crippen molar-refractivity contribution < 1.29 is 4.79 Å². The highest BCUT2D eigenvalue weighted by molar-refractivity contribution is 5.86. The molecule has 0 fully saturated rings. The molecule has 1 heteroatoms. The number of carbonyl (C=O) groups excluding carboxylic acids is 1. The minimum atomic E-state index is 0.373. The SMILES string of the molecule is CCCC[CH]C(=O)CCCCCCCCCCCCCCCCC. The Balaban J connectivity index is 3.06. The van der Waals surface area contributed by atoms with Crippen molar-refractivity contribution in [2.75, 3.05) is 0 Å². The van der Waals surface area contributed by atoms with E-state index in [1.165, 1.54) is 96.3 Å². The fourth-order valence-electron chi connectivity index (χ4n) is 3.24. The van der Waals surface area contributed by atoms with Gasteiger partial charge in [-0.15, -0.1) is 0 Å². The summed E-state index contributed by atoms with van der Waals surface area (Å²) in [7, 11) is 0. The smallest absolute Gasteiger partial charge is 0.136 e. The fraction of sp³-hybridized carbons (Fsp3) is 0.913. The Hall–Kier alpha value is -0.330. The van der Waals surface area contributed by atoms with E-state index in [1.54, 1.807) is 0 Å². The minimum Gasteiger partial charge on any atom is -0.299 e. The van der Waals surface area contributed by atoms with Gasteiger partial charge in [-0.05, 0) is 12.8 Å². The molecule has 0 saturated carbocycles. The average Bonchev–Trinajstić information content (AvgIpc) is 2.58. The molecule has 0 aromatic carbocycles. The second-order valence-electron chi connectivity index (χ2n) is 7.51. The van der Waals surface area contributed by atoms with Gasteiger partial charge in [0.2, 0.25) is 0 Å². The van der Waals surface area contributed by atoms with Crippen molar-refractivity contribution in [1.29, 1.82) is 0 Å². The molecule has 1 radical (unpaired) electrons. The lowest BCUT2D eigenvalue weighted by atomic mass is 10.0. The lowest BCUT2D eigenvalue weighted by Gasteiger charge is -2.03. The molecular weight excluding hydrogens is 292 g/mol.